The second-order valence-corrected chi connectivity index (χ2v) is 6.00. The Balaban J connectivity index is 1.82. The minimum Gasteiger partial charge on any atom is -0.390 e. The molecule has 1 amide bonds. The number of nitrogens with zero attached hydrogens (tertiary/aromatic N) is 2. The van der Waals surface area contributed by atoms with E-state index < -0.39 is 6.10 Å². The van der Waals surface area contributed by atoms with E-state index in [0.29, 0.717) is 19.0 Å². The Labute approximate surface area is 116 Å². The highest BCUT2D eigenvalue weighted by Crippen LogP contribution is 2.19. The van der Waals surface area contributed by atoms with Gasteiger partial charge in [-0.05, 0) is 32.2 Å². The molecule has 110 valence electrons. The van der Waals surface area contributed by atoms with E-state index in [1.807, 2.05) is 4.90 Å². The minimum atomic E-state index is -0.394. The van der Waals surface area contributed by atoms with Crippen LogP contribution in [0.4, 0.5) is 0 Å². The maximum absolute atomic E-state index is 11.6. The largest absolute Gasteiger partial charge is 0.390 e. The monoisotopic (exact) mass is 268 g/mol. The van der Waals surface area contributed by atoms with E-state index in [9.17, 15) is 9.90 Å². The van der Waals surface area contributed by atoms with Gasteiger partial charge in [0.05, 0.1) is 6.10 Å². The molecule has 2 fully saturated rings. The molecule has 4 heteroatoms. The lowest BCUT2D eigenvalue weighted by Gasteiger charge is -2.32. The van der Waals surface area contributed by atoms with E-state index in [2.05, 4.69) is 11.8 Å². The van der Waals surface area contributed by atoms with Crippen molar-refractivity contribution in [1.82, 2.24) is 9.80 Å². The standard InChI is InChI=1S/C15H28N2O2/c1-2-13-7-4-3-5-9-16(13)11-14(18)12-17-10-6-8-15(17)19/h13-14,18H,2-12H2,1H3. The Kier molecular flexibility index (Phi) is 5.64. The first-order chi connectivity index (χ1) is 9.20. The number of β-amino-alcohol motifs (C(OH)–C–C–N with tert-alkyl or cyclic N) is 1. The van der Waals surface area contributed by atoms with Crippen molar-refractivity contribution in [1.29, 1.82) is 0 Å². The van der Waals surface area contributed by atoms with E-state index in [0.717, 1.165) is 32.5 Å². The minimum absolute atomic E-state index is 0.210. The molecule has 2 aliphatic rings. The first kappa shape index (κ1) is 14.8. The molecule has 2 aliphatic heterocycles. The molecular formula is C15H28N2O2. The predicted molar refractivity (Wildman–Crippen MR) is 75.9 cm³/mol. The summed E-state index contributed by atoms with van der Waals surface area (Å²) in [5.74, 6) is 0.210. The fourth-order valence-electron chi connectivity index (χ4n) is 3.42. The molecule has 19 heavy (non-hydrogen) atoms. The van der Waals surface area contributed by atoms with Gasteiger partial charge in [-0.1, -0.05) is 19.8 Å². The van der Waals surface area contributed by atoms with Gasteiger partial charge in [-0.25, -0.2) is 0 Å². The molecule has 0 aliphatic carbocycles. The third-order valence-corrected chi connectivity index (χ3v) is 4.52. The number of aliphatic hydroxyl groups excluding tert-OH is 1. The summed E-state index contributed by atoms with van der Waals surface area (Å²) in [6.45, 7) is 5.41. The van der Waals surface area contributed by atoms with Gasteiger partial charge >= 0.3 is 0 Å². The summed E-state index contributed by atoms with van der Waals surface area (Å²) in [6, 6.07) is 0.617. The maximum atomic E-state index is 11.6. The summed E-state index contributed by atoms with van der Waals surface area (Å²) in [4.78, 5) is 15.8. The zero-order chi connectivity index (χ0) is 13.7. The zero-order valence-electron chi connectivity index (χ0n) is 12.2. The Morgan fingerprint density at radius 1 is 1.21 bits per heavy atom. The van der Waals surface area contributed by atoms with Crippen LogP contribution in [0.25, 0.3) is 0 Å². The third kappa shape index (κ3) is 4.18. The molecule has 0 bridgehead atoms. The van der Waals surface area contributed by atoms with Crippen LogP contribution in [-0.2, 0) is 4.79 Å². The number of aliphatic hydroxyl groups is 1. The van der Waals surface area contributed by atoms with Crippen LogP contribution in [-0.4, -0.2) is 59.1 Å². The maximum Gasteiger partial charge on any atom is 0.222 e. The second-order valence-electron chi connectivity index (χ2n) is 6.00. The van der Waals surface area contributed by atoms with Crippen molar-refractivity contribution in [2.75, 3.05) is 26.2 Å². The number of carbonyl (C=O) groups is 1. The molecule has 0 radical (unpaired) electrons. The first-order valence-electron chi connectivity index (χ1n) is 7.90. The lowest BCUT2D eigenvalue weighted by molar-refractivity contribution is -0.129. The van der Waals surface area contributed by atoms with Gasteiger partial charge in [0, 0.05) is 32.1 Å². The molecule has 0 spiro atoms. The molecule has 0 aromatic heterocycles. The summed E-state index contributed by atoms with van der Waals surface area (Å²) in [5, 5.41) is 10.2. The smallest absolute Gasteiger partial charge is 0.222 e. The Morgan fingerprint density at radius 2 is 2.05 bits per heavy atom. The fraction of sp³-hybridized carbons (Fsp3) is 0.933. The van der Waals surface area contributed by atoms with Gasteiger partial charge in [0.2, 0.25) is 5.91 Å². The number of amides is 1. The molecule has 2 rings (SSSR count). The number of hydrogen-bond acceptors (Lipinski definition) is 3. The Morgan fingerprint density at radius 3 is 2.74 bits per heavy atom. The van der Waals surface area contributed by atoms with Gasteiger partial charge < -0.3 is 10.0 Å². The van der Waals surface area contributed by atoms with Crippen LogP contribution >= 0.6 is 0 Å². The van der Waals surface area contributed by atoms with Crippen LogP contribution in [0.2, 0.25) is 0 Å². The quantitative estimate of drug-likeness (QED) is 0.824. The first-order valence-corrected chi connectivity index (χ1v) is 7.90. The van der Waals surface area contributed by atoms with Crippen molar-refractivity contribution >= 4 is 5.91 Å². The van der Waals surface area contributed by atoms with Crippen LogP contribution in [0.3, 0.4) is 0 Å². The summed E-state index contributed by atoms with van der Waals surface area (Å²) in [7, 11) is 0. The van der Waals surface area contributed by atoms with Gasteiger partial charge in [0.1, 0.15) is 0 Å². The lowest BCUT2D eigenvalue weighted by atomic mass is 10.1. The normalized spacial score (nSPS) is 27.6. The molecule has 1 N–H and O–H groups in total. The van der Waals surface area contributed by atoms with Gasteiger partial charge in [-0.2, -0.15) is 0 Å². The third-order valence-electron chi connectivity index (χ3n) is 4.52. The van der Waals surface area contributed by atoms with Crippen LogP contribution in [0.5, 0.6) is 0 Å². The fourth-order valence-corrected chi connectivity index (χ4v) is 3.42. The number of carbonyl (C=O) groups excluding carboxylic acids is 1. The summed E-state index contributed by atoms with van der Waals surface area (Å²) >= 11 is 0. The average Bonchev–Trinajstić information content (AvgIpc) is 2.65. The summed E-state index contributed by atoms with van der Waals surface area (Å²) in [6.07, 6.45) is 7.51. The highest BCUT2D eigenvalue weighted by molar-refractivity contribution is 5.78. The second kappa shape index (κ2) is 7.25. The van der Waals surface area contributed by atoms with Crippen LogP contribution in [0.15, 0.2) is 0 Å². The summed E-state index contributed by atoms with van der Waals surface area (Å²) < 4.78 is 0. The molecular weight excluding hydrogens is 240 g/mol. The van der Waals surface area contributed by atoms with Crippen LogP contribution in [0, 0.1) is 0 Å². The van der Waals surface area contributed by atoms with Crippen molar-refractivity contribution in [2.24, 2.45) is 0 Å². The lowest BCUT2D eigenvalue weighted by Crippen LogP contribution is -2.44. The molecule has 2 saturated heterocycles. The molecule has 4 nitrogen and oxygen atoms in total. The van der Waals surface area contributed by atoms with Gasteiger partial charge in [-0.15, -0.1) is 0 Å². The SMILES string of the molecule is CCC1CCCCCN1CC(O)CN1CCCC1=O. The van der Waals surface area contributed by atoms with E-state index in [4.69, 9.17) is 0 Å². The van der Waals surface area contributed by atoms with Crippen molar-refractivity contribution in [3.63, 3.8) is 0 Å². The van der Waals surface area contributed by atoms with Crippen molar-refractivity contribution in [3.8, 4) is 0 Å². The number of hydrogen-bond donors (Lipinski definition) is 1. The van der Waals surface area contributed by atoms with Crippen LogP contribution < -0.4 is 0 Å². The molecule has 2 atom stereocenters. The van der Waals surface area contributed by atoms with Crippen molar-refractivity contribution in [3.05, 3.63) is 0 Å². The van der Waals surface area contributed by atoms with E-state index in [1.54, 1.807) is 0 Å². The Bertz CT molecular complexity index is 296. The number of likely N-dealkylation sites (tertiary alicyclic amines) is 2. The Hall–Kier alpha value is -0.610. The molecule has 2 heterocycles. The van der Waals surface area contributed by atoms with Crippen molar-refractivity contribution < 1.29 is 9.90 Å². The predicted octanol–water partition coefficient (Wildman–Crippen LogP) is 1.62. The van der Waals surface area contributed by atoms with E-state index in [1.165, 1.54) is 25.7 Å². The highest BCUT2D eigenvalue weighted by atomic mass is 16.3. The molecule has 0 aromatic carbocycles. The van der Waals surface area contributed by atoms with Gasteiger partial charge in [0.15, 0.2) is 0 Å². The molecule has 0 saturated carbocycles. The molecule has 2 unspecified atom stereocenters. The molecule has 0 aromatic rings. The van der Waals surface area contributed by atoms with Crippen molar-refractivity contribution in [2.45, 2.75) is 64.0 Å². The van der Waals surface area contributed by atoms with E-state index in [-0.39, 0.29) is 5.91 Å². The van der Waals surface area contributed by atoms with Crippen LogP contribution in [0.1, 0.15) is 51.9 Å². The highest BCUT2D eigenvalue weighted by Gasteiger charge is 2.26. The summed E-state index contributed by atoms with van der Waals surface area (Å²) in [5.41, 5.74) is 0. The topological polar surface area (TPSA) is 43.8 Å². The zero-order valence-corrected chi connectivity index (χ0v) is 12.2. The average molecular weight is 268 g/mol. The van der Waals surface area contributed by atoms with Gasteiger partial charge in [0.25, 0.3) is 0 Å². The van der Waals surface area contributed by atoms with Gasteiger partial charge in [-0.3, -0.25) is 9.69 Å². The number of rotatable bonds is 5. The van der Waals surface area contributed by atoms with E-state index >= 15 is 0 Å².